The number of rotatable bonds is 4. The van der Waals surface area contributed by atoms with Gasteiger partial charge in [0.05, 0.1) is 17.9 Å². The number of hydrogen-bond donors (Lipinski definition) is 1. The van der Waals surface area contributed by atoms with E-state index in [1.54, 1.807) is 6.20 Å². The number of fused-ring (bicyclic) bond motifs is 1. The van der Waals surface area contributed by atoms with Crippen molar-refractivity contribution in [3.8, 4) is 17.2 Å². The molecule has 7 heteroatoms. The molecule has 1 N–H and O–H groups in total. The summed E-state index contributed by atoms with van der Waals surface area (Å²) in [4.78, 5) is 4.28. The van der Waals surface area contributed by atoms with Crippen LogP contribution in [0.1, 0.15) is 24.0 Å². The summed E-state index contributed by atoms with van der Waals surface area (Å²) in [5, 5.41) is 15.1. The number of sulfonamides is 1. The average Bonchev–Trinajstić information content (AvgIpc) is 2.73. The van der Waals surface area contributed by atoms with Crippen molar-refractivity contribution < 1.29 is 8.42 Å². The van der Waals surface area contributed by atoms with Gasteiger partial charge in [-0.3, -0.25) is 4.98 Å². The normalized spacial score (nSPS) is 15.8. The fraction of sp³-hybridized carbons (Fsp3) is 0.304. The Morgan fingerprint density at radius 3 is 2.57 bits per heavy atom. The molecule has 1 aliphatic rings. The Balaban J connectivity index is 1.68. The van der Waals surface area contributed by atoms with Gasteiger partial charge in [-0.05, 0) is 72.2 Å². The number of pyridine rings is 1. The SMILES string of the molecule is Cc1cc(C#N)cc(-c2cc(NC3CCN(S(C)(=O)=O)CC3)c3cnccc3c2)c1. The molecule has 0 bridgehead atoms. The van der Waals surface area contributed by atoms with Gasteiger partial charge in [-0.15, -0.1) is 0 Å². The van der Waals surface area contributed by atoms with Crippen LogP contribution in [0.25, 0.3) is 21.9 Å². The molecule has 2 aromatic carbocycles. The van der Waals surface area contributed by atoms with Gasteiger partial charge >= 0.3 is 0 Å². The summed E-state index contributed by atoms with van der Waals surface area (Å²) < 4.78 is 25.1. The van der Waals surface area contributed by atoms with Gasteiger partial charge in [-0.1, -0.05) is 6.07 Å². The molecule has 154 valence electrons. The lowest BCUT2D eigenvalue weighted by molar-refractivity contribution is 0.332. The molecule has 30 heavy (non-hydrogen) atoms. The van der Waals surface area contributed by atoms with Gasteiger partial charge in [-0.2, -0.15) is 5.26 Å². The van der Waals surface area contributed by atoms with Crippen molar-refractivity contribution in [2.45, 2.75) is 25.8 Å². The average molecular weight is 421 g/mol. The third-order valence-electron chi connectivity index (χ3n) is 5.58. The summed E-state index contributed by atoms with van der Waals surface area (Å²) in [5.41, 5.74) is 4.70. The Hall–Kier alpha value is -2.95. The van der Waals surface area contributed by atoms with Crippen LogP contribution in [-0.4, -0.2) is 43.1 Å². The number of piperidine rings is 1. The predicted octanol–water partition coefficient (Wildman–Crippen LogP) is 3.92. The van der Waals surface area contributed by atoms with Gasteiger partial charge in [0.15, 0.2) is 0 Å². The van der Waals surface area contributed by atoms with Crippen molar-refractivity contribution in [1.29, 1.82) is 5.26 Å². The van der Waals surface area contributed by atoms with Crippen LogP contribution in [0.4, 0.5) is 5.69 Å². The highest BCUT2D eigenvalue weighted by Gasteiger charge is 2.25. The molecule has 2 heterocycles. The first-order chi connectivity index (χ1) is 14.3. The van der Waals surface area contributed by atoms with E-state index >= 15 is 0 Å². The first-order valence-corrected chi connectivity index (χ1v) is 11.8. The Labute approximate surface area is 177 Å². The number of hydrogen-bond acceptors (Lipinski definition) is 5. The van der Waals surface area contributed by atoms with Crippen molar-refractivity contribution in [2.24, 2.45) is 0 Å². The van der Waals surface area contributed by atoms with Crippen LogP contribution in [0.5, 0.6) is 0 Å². The lowest BCUT2D eigenvalue weighted by Gasteiger charge is -2.31. The second-order valence-corrected chi connectivity index (χ2v) is 9.88. The third kappa shape index (κ3) is 4.30. The molecule has 0 amide bonds. The van der Waals surface area contributed by atoms with Crippen LogP contribution < -0.4 is 5.32 Å². The van der Waals surface area contributed by atoms with E-state index in [2.05, 4.69) is 34.6 Å². The summed E-state index contributed by atoms with van der Waals surface area (Å²) in [6, 6.07) is 14.5. The highest BCUT2D eigenvalue weighted by atomic mass is 32.2. The highest BCUT2D eigenvalue weighted by Crippen LogP contribution is 2.33. The number of nitriles is 1. The van der Waals surface area contributed by atoms with Crippen molar-refractivity contribution in [1.82, 2.24) is 9.29 Å². The third-order valence-corrected chi connectivity index (χ3v) is 6.88. The number of benzene rings is 2. The highest BCUT2D eigenvalue weighted by molar-refractivity contribution is 7.88. The molecule has 1 aromatic heterocycles. The van der Waals surface area contributed by atoms with Crippen LogP contribution in [0, 0.1) is 18.3 Å². The van der Waals surface area contributed by atoms with Crippen LogP contribution in [-0.2, 0) is 10.0 Å². The molecule has 1 fully saturated rings. The van der Waals surface area contributed by atoms with E-state index in [1.165, 1.54) is 10.6 Å². The van der Waals surface area contributed by atoms with Crippen molar-refractivity contribution in [2.75, 3.05) is 24.7 Å². The Kier molecular flexibility index (Phi) is 5.46. The van der Waals surface area contributed by atoms with Crippen LogP contribution >= 0.6 is 0 Å². The molecule has 1 saturated heterocycles. The quantitative estimate of drug-likeness (QED) is 0.691. The van der Waals surface area contributed by atoms with Gasteiger partial charge < -0.3 is 5.32 Å². The minimum Gasteiger partial charge on any atom is -0.382 e. The standard InChI is InChI=1S/C23H24N4O2S/c1-16-9-17(14-24)11-19(10-16)20-12-18-3-6-25-15-22(18)23(13-20)26-21-4-7-27(8-5-21)30(2,28)29/h3,6,9-13,15,21,26H,4-5,7-8H2,1-2H3. The Morgan fingerprint density at radius 1 is 1.13 bits per heavy atom. The smallest absolute Gasteiger partial charge is 0.211 e. The van der Waals surface area contributed by atoms with Crippen molar-refractivity contribution in [3.63, 3.8) is 0 Å². The second-order valence-electron chi connectivity index (χ2n) is 7.90. The fourth-order valence-electron chi connectivity index (χ4n) is 4.05. The second kappa shape index (κ2) is 8.05. The van der Waals surface area contributed by atoms with Crippen molar-refractivity contribution >= 4 is 26.5 Å². The molecule has 3 aromatic rings. The van der Waals surface area contributed by atoms with Gasteiger partial charge in [0, 0.05) is 42.6 Å². The molecular weight excluding hydrogens is 396 g/mol. The van der Waals surface area contributed by atoms with E-state index in [4.69, 9.17) is 0 Å². The molecule has 6 nitrogen and oxygen atoms in total. The minimum atomic E-state index is -3.14. The van der Waals surface area contributed by atoms with E-state index in [-0.39, 0.29) is 6.04 Å². The number of anilines is 1. The molecule has 0 spiro atoms. The molecule has 0 saturated carbocycles. The summed E-state index contributed by atoms with van der Waals surface area (Å²) in [5.74, 6) is 0. The topological polar surface area (TPSA) is 86.1 Å². The molecule has 0 radical (unpaired) electrons. The predicted molar refractivity (Wildman–Crippen MR) is 120 cm³/mol. The molecule has 4 rings (SSSR count). The van der Waals surface area contributed by atoms with Gasteiger partial charge in [0.25, 0.3) is 0 Å². The zero-order valence-corrected chi connectivity index (χ0v) is 17.9. The lowest BCUT2D eigenvalue weighted by atomic mass is 9.97. The zero-order valence-electron chi connectivity index (χ0n) is 17.1. The largest absolute Gasteiger partial charge is 0.382 e. The van der Waals surface area contributed by atoms with Crippen LogP contribution in [0.15, 0.2) is 48.8 Å². The summed E-state index contributed by atoms with van der Waals surface area (Å²) in [6.07, 6.45) is 6.40. The van der Waals surface area contributed by atoms with E-state index in [0.29, 0.717) is 18.7 Å². The maximum absolute atomic E-state index is 11.8. The van der Waals surface area contributed by atoms with Gasteiger partial charge in [0.2, 0.25) is 10.0 Å². The number of nitrogens with zero attached hydrogens (tertiary/aromatic N) is 3. The molecular formula is C23H24N4O2S. The van der Waals surface area contributed by atoms with Gasteiger partial charge in [0.1, 0.15) is 0 Å². The van der Waals surface area contributed by atoms with Crippen LogP contribution in [0.3, 0.4) is 0 Å². The first-order valence-electron chi connectivity index (χ1n) is 9.95. The van der Waals surface area contributed by atoms with Crippen molar-refractivity contribution in [3.05, 3.63) is 59.9 Å². The van der Waals surface area contributed by atoms with Crippen LogP contribution in [0.2, 0.25) is 0 Å². The maximum Gasteiger partial charge on any atom is 0.211 e. The summed E-state index contributed by atoms with van der Waals surface area (Å²) in [7, 11) is -3.14. The van der Waals surface area contributed by atoms with Gasteiger partial charge in [-0.25, -0.2) is 12.7 Å². The molecule has 1 aliphatic heterocycles. The Bertz CT molecular complexity index is 1240. The Morgan fingerprint density at radius 2 is 1.87 bits per heavy atom. The summed E-state index contributed by atoms with van der Waals surface area (Å²) in [6.45, 7) is 3.04. The maximum atomic E-state index is 11.8. The number of aromatic nitrogens is 1. The molecule has 0 unspecified atom stereocenters. The molecule has 0 aliphatic carbocycles. The fourth-order valence-corrected chi connectivity index (χ4v) is 4.92. The minimum absolute atomic E-state index is 0.189. The molecule has 0 atom stereocenters. The first kappa shape index (κ1) is 20.3. The van der Waals surface area contributed by atoms with E-state index in [0.717, 1.165) is 46.0 Å². The van der Waals surface area contributed by atoms with E-state index < -0.39 is 10.0 Å². The lowest BCUT2D eigenvalue weighted by Crippen LogP contribution is -2.41. The number of aryl methyl sites for hydroxylation is 1. The number of nitrogens with one attached hydrogen (secondary N) is 1. The summed E-state index contributed by atoms with van der Waals surface area (Å²) >= 11 is 0. The zero-order chi connectivity index (χ0) is 21.3. The van der Waals surface area contributed by atoms with E-state index in [1.807, 2.05) is 31.3 Å². The monoisotopic (exact) mass is 420 g/mol. The van der Waals surface area contributed by atoms with E-state index in [9.17, 15) is 13.7 Å².